The molecule has 0 aromatic heterocycles. The zero-order valence-corrected chi connectivity index (χ0v) is 13.1. The van der Waals surface area contributed by atoms with Gasteiger partial charge in [0.25, 0.3) is 0 Å². The van der Waals surface area contributed by atoms with Gasteiger partial charge in [0, 0.05) is 0 Å². The van der Waals surface area contributed by atoms with E-state index in [2.05, 4.69) is 68.1 Å². The first-order valence-corrected chi connectivity index (χ1v) is 8.25. The SMILES string of the molecule is C=C/C=C\C1=CC2CC3C=c4ccccc4=CC3C2C=C1C. The van der Waals surface area contributed by atoms with Crippen molar-refractivity contribution in [3.05, 3.63) is 82.8 Å². The van der Waals surface area contributed by atoms with E-state index in [1.54, 1.807) is 0 Å². The number of benzene rings is 1. The minimum absolute atomic E-state index is 0.662. The molecule has 0 heteroatoms. The summed E-state index contributed by atoms with van der Waals surface area (Å²) in [6.07, 6.45) is 17.4. The van der Waals surface area contributed by atoms with Gasteiger partial charge in [0.2, 0.25) is 0 Å². The molecular weight excluding hydrogens is 264 g/mol. The van der Waals surface area contributed by atoms with Crippen LogP contribution in [0.3, 0.4) is 0 Å². The molecule has 0 aliphatic heterocycles. The van der Waals surface area contributed by atoms with Gasteiger partial charge in [-0.2, -0.15) is 0 Å². The molecule has 0 heterocycles. The molecule has 22 heavy (non-hydrogen) atoms. The van der Waals surface area contributed by atoms with Crippen LogP contribution in [-0.4, -0.2) is 0 Å². The van der Waals surface area contributed by atoms with Crippen molar-refractivity contribution in [3.8, 4) is 0 Å². The van der Waals surface area contributed by atoms with Gasteiger partial charge in [-0.3, -0.25) is 0 Å². The van der Waals surface area contributed by atoms with E-state index in [1.807, 2.05) is 12.2 Å². The molecule has 1 saturated carbocycles. The van der Waals surface area contributed by atoms with Crippen molar-refractivity contribution in [3.63, 3.8) is 0 Å². The van der Waals surface area contributed by atoms with Crippen LogP contribution in [0.4, 0.5) is 0 Å². The van der Waals surface area contributed by atoms with Gasteiger partial charge in [-0.05, 0) is 58.6 Å². The lowest BCUT2D eigenvalue weighted by molar-refractivity contribution is 0.485. The molecule has 0 radical (unpaired) electrons. The van der Waals surface area contributed by atoms with Crippen LogP contribution >= 0.6 is 0 Å². The standard InChI is InChI=1S/C22H22/c1-3-4-7-16-11-19-13-20-12-17-8-5-6-9-18(17)14-22(20)21(19)10-15(16)2/h3-12,14,19-22H,1,13H2,2H3/b7-4-. The van der Waals surface area contributed by atoms with Gasteiger partial charge in [0.05, 0.1) is 0 Å². The number of allylic oxidation sites excluding steroid dienone is 7. The van der Waals surface area contributed by atoms with Gasteiger partial charge in [-0.15, -0.1) is 0 Å². The van der Waals surface area contributed by atoms with Crippen LogP contribution in [0.5, 0.6) is 0 Å². The molecule has 4 atom stereocenters. The van der Waals surface area contributed by atoms with Crippen molar-refractivity contribution < 1.29 is 0 Å². The number of fused-ring (bicyclic) bond motifs is 4. The highest BCUT2D eigenvalue weighted by Gasteiger charge is 2.41. The molecule has 0 nitrogen and oxygen atoms in total. The summed E-state index contributed by atoms with van der Waals surface area (Å²) in [7, 11) is 0. The van der Waals surface area contributed by atoms with E-state index in [9.17, 15) is 0 Å². The van der Waals surface area contributed by atoms with Crippen LogP contribution in [-0.2, 0) is 0 Å². The maximum absolute atomic E-state index is 3.77. The van der Waals surface area contributed by atoms with E-state index in [0.29, 0.717) is 23.7 Å². The Balaban J connectivity index is 1.73. The van der Waals surface area contributed by atoms with Crippen LogP contribution in [0.1, 0.15) is 13.3 Å². The summed E-state index contributed by atoms with van der Waals surface area (Å²) in [6.45, 7) is 6.01. The molecule has 0 bridgehead atoms. The Hall–Kier alpha value is -2.08. The number of hydrogen-bond acceptors (Lipinski definition) is 0. The van der Waals surface area contributed by atoms with Crippen molar-refractivity contribution in [1.29, 1.82) is 0 Å². The molecule has 1 fully saturated rings. The van der Waals surface area contributed by atoms with E-state index in [0.717, 1.165) is 0 Å². The molecule has 0 saturated heterocycles. The average Bonchev–Trinajstić information content (AvgIpc) is 2.87. The van der Waals surface area contributed by atoms with Crippen LogP contribution < -0.4 is 10.4 Å². The number of hydrogen-bond donors (Lipinski definition) is 0. The fourth-order valence-electron chi connectivity index (χ4n) is 4.39. The Labute approximate surface area is 132 Å². The summed E-state index contributed by atoms with van der Waals surface area (Å²) in [6, 6.07) is 8.80. The van der Waals surface area contributed by atoms with E-state index in [-0.39, 0.29) is 0 Å². The van der Waals surface area contributed by atoms with Crippen LogP contribution in [0.25, 0.3) is 12.2 Å². The normalized spacial score (nSPS) is 32.0. The topological polar surface area (TPSA) is 0 Å². The molecule has 4 rings (SSSR count). The summed E-state index contributed by atoms with van der Waals surface area (Å²) in [5.41, 5.74) is 2.78. The Kier molecular flexibility index (Phi) is 3.26. The third-order valence-corrected chi connectivity index (χ3v) is 5.44. The second-order valence-electron chi connectivity index (χ2n) is 6.75. The molecular formula is C22H22. The summed E-state index contributed by atoms with van der Waals surface area (Å²) >= 11 is 0. The highest BCUT2D eigenvalue weighted by molar-refractivity contribution is 5.50. The predicted octanol–water partition coefficient (Wildman–Crippen LogP) is 3.76. The van der Waals surface area contributed by atoms with Crippen molar-refractivity contribution in [2.75, 3.05) is 0 Å². The lowest BCUT2D eigenvalue weighted by Crippen LogP contribution is -2.32. The molecule has 0 spiro atoms. The van der Waals surface area contributed by atoms with E-state index in [4.69, 9.17) is 0 Å². The van der Waals surface area contributed by atoms with E-state index < -0.39 is 0 Å². The van der Waals surface area contributed by atoms with E-state index in [1.165, 1.54) is 28.0 Å². The fraction of sp³-hybridized carbons (Fsp3) is 0.273. The van der Waals surface area contributed by atoms with Crippen LogP contribution in [0, 0.1) is 23.7 Å². The smallest absolute Gasteiger partial charge is 0.00919 e. The largest absolute Gasteiger partial charge is 0.0991 e. The van der Waals surface area contributed by atoms with Crippen molar-refractivity contribution >= 4 is 12.2 Å². The molecule has 3 aliphatic carbocycles. The van der Waals surface area contributed by atoms with Gasteiger partial charge >= 0.3 is 0 Å². The quantitative estimate of drug-likeness (QED) is 0.726. The minimum atomic E-state index is 0.662. The second kappa shape index (κ2) is 5.28. The summed E-state index contributed by atoms with van der Waals surface area (Å²) < 4.78 is 0. The zero-order valence-electron chi connectivity index (χ0n) is 13.1. The Bertz CT molecular complexity index is 816. The molecule has 1 aromatic rings. The van der Waals surface area contributed by atoms with Crippen LogP contribution in [0.15, 0.2) is 72.4 Å². The molecule has 0 N–H and O–H groups in total. The van der Waals surface area contributed by atoms with Gasteiger partial charge in [-0.25, -0.2) is 0 Å². The van der Waals surface area contributed by atoms with Crippen molar-refractivity contribution in [1.82, 2.24) is 0 Å². The Morgan fingerprint density at radius 1 is 0.955 bits per heavy atom. The zero-order chi connectivity index (χ0) is 15.1. The van der Waals surface area contributed by atoms with E-state index >= 15 is 0 Å². The lowest BCUT2D eigenvalue weighted by atomic mass is 9.79. The predicted molar refractivity (Wildman–Crippen MR) is 94.4 cm³/mol. The van der Waals surface area contributed by atoms with Crippen molar-refractivity contribution in [2.24, 2.45) is 23.7 Å². The Morgan fingerprint density at radius 2 is 1.64 bits per heavy atom. The molecule has 0 amide bonds. The molecule has 3 aliphatic rings. The van der Waals surface area contributed by atoms with Gasteiger partial charge < -0.3 is 0 Å². The Morgan fingerprint density at radius 3 is 2.41 bits per heavy atom. The average molecular weight is 286 g/mol. The van der Waals surface area contributed by atoms with Gasteiger partial charge in [0.15, 0.2) is 0 Å². The highest BCUT2D eigenvalue weighted by Crippen LogP contribution is 2.48. The molecule has 4 unspecified atom stereocenters. The minimum Gasteiger partial charge on any atom is -0.0991 e. The van der Waals surface area contributed by atoms with Crippen LogP contribution in [0.2, 0.25) is 0 Å². The lowest BCUT2D eigenvalue weighted by Gasteiger charge is -2.25. The first-order chi connectivity index (χ1) is 10.8. The summed E-state index contributed by atoms with van der Waals surface area (Å²) in [5.74, 6) is 2.68. The number of rotatable bonds is 2. The maximum atomic E-state index is 3.77. The molecule has 110 valence electrons. The summed E-state index contributed by atoms with van der Waals surface area (Å²) in [4.78, 5) is 0. The van der Waals surface area contributed by atoms with Gasteiger partial charge in [-0.1, -0.05) is 73.4 Å². The first kappa shape index (κ1) is 13.6. The van der Waals surface area contributed by atoms with Gasteiger partial charge in [0.1, 0.15) is 0 Å². The summed E-state index contributed by atoms with van der Waals surface area (Å²) in [5, 5.41) is 2.83. The monoisotopic (exact) mass is 286 g/mol. The third kappa shape index (κ3) is 2.14. The molecule has 1 aromatic carbocycles. The second-order valence-corrected chi connectivity index (χ2v) is 6.75. The highest BCUT2D eigenvalue weighted by atomic mass is 14.4. The fourth-order valence-corrected chi connectivity index (χ4v) is 4.39. The third-order valence-electron chi connectivity index (χ3n) is 5.44. The van der Waals surface area contributed by atoms with Crippen molar-refractivity contribution in [2.45, 2.75) is 13.3 Å². The first-order valence-electron chi connectivity index (χ1n) is 8.25. The maximum Gasteiger partial charge on any atom is -0.00919 e.